The van der Waals surface area contributed by atoms with Crippen LogP contribution in [-0.2, 0) is 9.53 Å². The van der Waals surface area contributed by atoms with E-state index in [4.69, 9.17) is 9.84 Å². The summed E-state index contributed by atoms with van der Waals surface area (Å²) < 4.78 is 5.39. The molecule has 1 N–H and O–H groups in total. The Bertz CT molecular complexity index is 210. The van der Waals surface area contributed by atoms with Crippen LogP contribution in [0.1, 0.15) is 40.0 Å². The monoisotopic (exact) mass is 186 g/mol. The van der Waals surface area contributed by atoms with Crippen LogP contribution >= 0.6 is 0 Å². The van der Waals surface area contributed by atoms with E-state index >= 15 is 0 Å². The Hall–Kier alpha value is -0.570. The average Bonchev–Trinajstić information content (AvgIpc) is 2.28. The molecule has 1 atom stereocenters. The maximum absolute atomic E-state index is 11.1. The zero-order valence-electron chi connectivity index (χ0n) is 8.59. The van der Waals surface area contributed by atoms with Crippen LogP contribution in [0.15, 0.2) is 0 Å². The van der Waals surface area contributed by atoms with Crippen molar-refractivity contribution in [3.8, 4) is 0 Å². The molecule has 1 unspecified atom stereocenters. The molecule has 0 aromatic carbocycles. The molecule has 0 aromatic heterocycles. The lowest BCUT2D eigenvalue weighted by Crippen LogP contribution is -2.39. The smallest absolute Gasteiger partial charge is 0.335 e. The molecular formula is C10H18O3. The Kier molecular flexibility index (Phi) is 2.66. The summed E-state index contributed by atoms with van der Waals surface area (Å²) in [6.07, 6.45) is 2.20. The van der Waals surface area contributed by atoms with Crippen molar-refractivity contribution >= 4 is 5.97 Å². The van der Waals surface area contributed by atoms with Crippen molar-refractivity contribution in [2.24, 2.45) is 5.41 Å². The topological polar surface area (TPSA) is 46.5 Å². The Balaban J connectivity index is 2.77. The van der Waals surface area contributed by atoms with Gasteiger partial charge in [0.2, 0.25) is 0 Å². The third-order valence-corrected chi connectivity index (χ3v) is 2.78. The van der Waals surface area contributed by atoms with Gasteiger partial charge in [-0.25, -0.2) is 4.79 Å². The third-order valence-electron chi connectivity index (χ3n) is 2.78. The minimum absolute atomic E-state index is 0.105. The summed E-state index contributed by atoms with van der Waals surface area (Å²) in [6, 6.07) is 0. The van der Waals surface area contributed by atoms with E-state index in [0.29, 0.717) is 19.4 Å². The average molecular weight is 186 g/mol. The number of aliphatic carboxylic acids is 1. The lowest BCUT2D eigenvalue weighted by atomic mass is 9.89. The fraction of sp³-hybridized carbons (Fsp3) is 0.900. The Morgan fingerprint density at radius 2 is 2.08 bits per heavy atom. The van der Waals surface area contributed by atoms with E-state index in [9.17, 15) is 4.79 Å². The van der Waals surface area contributed by atoms with Gasteiger partial charge < -0.3 is 9.84 Å². The highest BCUT2D eigenvalue weighted by molar-refractivity contribution is 5.78. The van der Waals surface area contributed by atoms with Crippen molar-refractivity contribution in [2.75, 3.05) is 6.61 Å². The van der Waals surface area contributed by atoms with Gasteiger partial charge in [-0.1, -0.05) is 13.8 Å². The minimum Gasteiger partial charge on any atom is -0.479 e. The second kappa shape index (κ2) is 3.29. The number of ether oxygens (including phenoxy) is 1. The molecule has 0 radical (unpaired) electrons. The first kappa shape index (κ1) is 10.5. The van der Waals surface area contributed by atoms with Crippen LogP contribution in [0.25, 0.3) is 0 Å². The standard InChI is InChI=1S/C10H18O3/c1-4-13-10(8(11)12)6-5-9(2,3)7-10/h4-7H2,1-3H3,(H,11,12). The number of hydrogen-bond donors (Lipinski definition) is 1. The summed E-state index contributed by atoms with van der Waals surface area (Å²) in [5.41, 5.74) is -0.800. The van der Waals surface area contributed by atoms with E-state index in [2.05, 4.69) is 13.8 Å². The molecule has 1 aliphatic rings. The molecule has 1 aliphatic carbocycles. The lowest BCUT2D eigenvalue weighted by Gasteiger charge is -2.26. The normalized spacial score (nSPS) is 31.9. The van der Waals surface area contributed by atoms with Crippen molar-refractivity contribution in [3.63, 3.8) is 0 Å². The number of carboxylic acids is 1. The summed E-state index contributed by atoms with van der Waals surface area (Å²) in [5.74, 6) is -0.806. The van der Waals surface area contributed by atoms with Crippen molar-refractivity contribution in [1.82, 2.24) is 0 Å². The third kappa shape index (κ3) is 2.02. The summed E-state index contributed by atoms with van der Waals surface area (Å²) in [6.45, 7) is 6.51. The van der Waals surface area contributed by atoms with Crippen molar-refractivity contribution in [3.05, 3.63) is 0 Å². The molecule has 0 bridgehead atoms. The molecule has 0 heterocycles. The van der Waals surface area contributed by atoms with Crippen LogP contribution in [0.5, 0.6) is 0 Å². The molecule has 0 aliphatic heterocycles. The summed E-state index contributed by atoms with van der Waals surface area (Å²) in [5, 5.41) is 9.10. The van der Waals surface area contributed by atoms with Crippen LogP contribution in [0.4, 0.5) is 0 Å². The van der Waals surface area contributed by atoms with Crippen molar-refractivity contribution < 1.29 is 14.6 Å². The van der Waals surface area contributed by atoms with Crippen molar-refractivity contribution in [2.45, 2.75) is 45.6 Å². The van der Waals surface area contributed by atoms with Gasteiger partial charge in [0.25, 0.3) is 0 Å². The highest BCUT2D eigenvalue weighted by Crippen LogP contribution is 2.45. The van der Waals surface area contributed by atoms with Gasteiger partial charge >= 0.3 is 5.97 Å². The van der Waals surface area contributed by atoms with Gasteiger partial charge in [-0.2, -0.15) is 0 Å². The first-order chi connectivity index (χ1) is 5.92. The first-order valence-electron chi connectivity index (χ1n) is 4.79. The van der Waals surface area contributed by atoms with Gasteiger partial charge in [0, 0.05) is 6.61 Å². The molecule has 1 rings (SSSR count). The highest BCUT2D eigenvalue weighted by Gasteiger charge is 2.49. The van der Waals surface area contributed by atoms with Gasteiger partial charge in [-0.3, -0.25) is 0 Å². The van der Waals surface area contributed by atoms with Crippen LogP contribution in [0, 0.1) is 5.41 Å². The van der Waals surface area contributed by atoms with Gasteiger partial charge in [0.05, 0.1) is 0 Å². The maximum Gasteiger partial charge on any atom is 0.335 e. The van der Waals surface area contributed by atoms with Crippen LogP contribution < -0.4 is 0 Å². The van der Waals surface area contributed by atoms with Crippen LogP contribution in [0.3, 0.4) is 0 Å². The molecule has 3 heteroatoms. The fourth-order valence-electron chi connectivity index (χ4n) is 2.13. The number of hydrogen-bond acceptors (Lipinski definition) is 2. The Labute approximate surface area is 79.1 Å². The molecule has 0 amide bonds. The van der Waals surface area contributed by atoms with Crippen LogP contribution in [-0.4, -0.2) is 23.3 Å². The minimum atomic E-state index is -0.905. The summed E-state index contributed by atoms with van der Waals surface area (Å²) in [4.78, 5) is 11.1. The van der Waals surface area contributed by atoms with E-state index in [-0.39, 0.29) is 5.41 Å². The maximum atomic E-state index is 11.1. The predicted molar refractivity (Wildman–Crippen MR) is 49.6 cm³/mol. The van der Waals surface area contributed by atoms with E-state index in [1.54, 1.807) is 0 Å². The fourth-order valence-corrected chi connectivity index (χ4v) is 2.13. The van der Waals surface area contributed by atoms with Gasteiger partial charge in [-0.15, -0.1) is 0 Å². The zero-order valence-corrected chi connectivity index (χ0v) is 8.59. The quantitative estimate of drug-likeness (QED) is 0.733. The number of carbonyl (C=O) groups is 1. The van der Waals surface area contributed by atoms with E-state index in [1.807, 2.05) is 6.92 Å². The second-order valence-electron chi connectivity index (χ2n) is 4.57. The highest BCUT2D eigenvalue weighted by atomic mass is 16.5. The Morgan fingerprint density at radius 3 is 2.38 bits per heavy atom. The molecule has 0 spiro atoms. The number of rotatable bonds is 3. The summed E-state index contributed by atoms with van der Waals surface area (Å²) >= 11 is 0. The molecule has 1 fully saturated rings. The van der Waals surface area contributed by atoms with Crippen LogP contribution in [0.2, 0.25) is 0 Å². The molecule has 3 nitrogen and oxygen atoms in total. The molecule has 76 valence electrons. The molecule has 0 saturated heterocycles. The predicted octanol–water partition coefficient (Wildman–Crippen LogP) is 2.06. The molecular weight excluding hydrogens is 168 g/mol. The van der Waals surface area contributed by atoms with Gasteiger partial charge in [-0.05, 0) is 31.6 Å². The first-order valence-corrected chi connectivity index (χ1v) is 4.79. The molecule has 13 heavy (non-hydrogen) atoms. The van der Waals surface area contributed by atoms with E-state index in [1.165, 1.54) is 0 Å². The zero-order chi connectivity index (χ0) is 10.1. The van der Waals surface area contributed by atoms with E-state index < -0.39 is 11.6 Å². The SMILES string of the molecule is CCOC1(C(=O)O)CCC(C)(C)C1. The number of carboxylic acid groups (broad SMARTS) is 1. The Morgan fingerprint density at radius 1 is 1.46 bits per heavy atom. The molecule has 0 aromatic rings. The largest absolute Gasteiger partial charge is 0.479 e. The van der Waals surface area contributed by atoms with Crippen molar-refractivity contribution in [1.29, 1.82) is 0 Å². The lowest BCUT2D eigenvalue weighted by molar-refractivity contribution is -0.165. The van der Waals surface area contributed by atoms with E-state index in [0.717, 1.165) is 6.42 Å². The summed E-state index contributed by atoms with van der Waals surface area (Å²) in [7, 11) is 0. The van der Waals surface area contributed by atoms with Gasteiger partial charge in [0.15, 0.2) is 5.60 Å². The van der Waals surface area contributed by atoms with Gasteiger partial charge in [0.1, 0.15) is 0 Å². The second-order valence-corrected chi connectivity index (χ2v) is 4.57. The molecule has 1 saturated carbocycles.